The fourth-order valence-corrected chi connectivity index (χ4v) is 3.05. The average Bonchev–Trinajstić information content (AvgIpc) is 2.55. The van der Waals surface area contributed by atoms with E-state index in [4.69, 9.17) is 0 Å². The molecular weight excluding hydrogens is 317 g/mol. The lowest BCUT2D eigenvalue weighted by atomic mass is 10.1. The number of nitrogens with zero attached hydrogens (tertiary/aromatic N) is 2. The van der Waals surface area contributed by atoms with Crippen LogP contribution >= 0.6 is 0 Å². The topological polar surface area (TPSA) is 30.5 Å². The molecule has 2 unspecified atom stereocenters. The van der Waals surface area contributed by atoms with Crippen LogP contribution in [0.15, 0.2) is 43.1 Å². The highest BCUT2D eigenvalue weighted by Gasteiger charge is 2.47. The van der Waals surface area contributed by atoms with Crippen molar-refractivity contribution in [3.63, 3.8) is 0 Å². The molecule has 0 amide bonds. The van der Waals surface area contributed by atoms with E-state index >= 15 is 0 Å². The molecule has 2 rings (SSSR count). The van der Waals surface area contributed by atoms with Gasteiger partial charge in [-0.15, -0.1) is 0 Å². The Morgan fingerprint density at radius 2 is 2.00 bits per heavy atom. The zero-order valence-electron chi connectivity index (χ0n) is 13.9. The van der Waals surface area contributed by atoms with Gasteiger partial charge in [-0.3, -0.25) is 9.80 Å². The van der Waals surface area contributed by atoms with E-state index in [0.29, 0.717) is 26.2 Å². The van der Waals surface area contributed by atoms with E-state index in [1.54, 1.807) is 4.90 Å². The van der Waals surface area contributed by atoms with Crippen molar-refractivity contribution in [3.05, 3.63) is 48.7 Å². The van der Waals surface area contributed by atoms with Gasteiger partial charge in [0.25, 0.3) is 0 Å². The Labute approximate surface area is 141 Å². The largest absolute Gasteiger partial charge is 0.405 e. The zero-order valence-corrected chi connectivity index (χ0v) is 13.9. The predicted molar refractivity (Wildman–Crippen MR) is 89.1 cm³/mol. The van der Waals surface area contributed by atoms with Crippen LogP contribution in [0.2, 0.25) is 0 Å². The van der Waals surface area contributed by atoms with Gasteiger partial charge in [0.1, 0.15) is 6.04 Å². The number of piperazine rings is 1. The van der Waals surface area contributed by atoms with Gasteiger partial charge in [-0.2, -0.15) is 13.2 Å². The third kappa shape index (κ3) is 5.22. The summed E-state index contributed by atoms with van der Waals surface area (Å²) in [6.07, 6.45) is -2.78. The van der Waals surface area contributed by atoms with E-state index in [-0.39, 0.29) is 12.6 Å². The highest BCUT2D eigenvalue weighted by atomic mass is 19.4. The third-order valence-corrected chi connectivity index (χ3v) is 4.30. The molecule has 1 aromatic carbocycles. The Hall–Kier alpha value is -1.57. The van der Waals surface area contributed by atoms with Gasteiger partial charge in [0, 0.05) is 45.0 Å². The normalized spacial score (nSPS) is 21.4. The number of alkyl halides is 3. The fourth-order valence-electron chi connectivity index (χ4n) is 3.05. The van der Waals surface area contributed by atoms with Crippen LogP contribution in [0.25, 0.3) is 0 Å². The summed E-state index contributed by atoms with van der Waals surface area (Å²) in [4.78, 5) is 3.42. The Morgan fingerprint density at radius 1 is 1.29 bits per heavy atom. The molecule has 1 aliphatic rings. The van der Waals surface area contributed by atoms with Crippen LogP contribution in [0.5, 0.6) is 0 Å². The van der Waals surface area contributed by atoms with Crippen LogP contribution in [-0.2, 0) is 6.54 Å². The first-order chi connectivity index (χ1) is 11.4. The van der Waals surface area contributed by atoms with Gasteiger partial charge in [-0.1, -0.05) is 36.9 Å². The van der Waals surface area contributed by atoms with Gasteiger partial charge in [0.15, 0.2) is 0 Å². The van der Waals surface area contributed by atoms with E-state index < -0.39 is 12.2 Å². The molecule has 0 radical (unpaired) electrons. The maximum Gasteiger partial charge on any atom is 0.405 e. The Balaban J connectivity index is 2.00. The van der Waals surface area contributed by atoms with Gasteiger partial charge in [-0.25, -0.2) is 5.43 Å². The molecule has 0 aromatic heterocycles. The molecule has 0 saturated carbocycles. The first-order valence-electron chi connectivity index (χ1n) is 8.10. The number of hydrogen-bond donors (Lipinski definition) is 2. The molecule has 0 spiro atoms. The van der Waals surface area contributed by atoms with Crippen LogP contribution in [0, 0.1) is 0 Å². The molecule has 1 fully saturated rings. The summed E-state index contributed by atoms with van der Waals surface area (Å²) in [5.74, 6) is 0. The lowest BCUT2D eigenvalue weighted by molar-refractivity contribution is -0.203. The predicted octanol–water partition coefficient (Wildman–Crippen LogP) is 2.36. The van der Waals surface area contributed by atoms with Crippen LogP contribution in [0.1, 0.15) is 12.5 Å². The van der Waals surface area contributed by atoms with Crippen LogP contribution in [0.3, 0.4) is 0 Å². The number of hydrogen-bond acceptors (Lipinski definition) is 4. The first-order valence-corrected chi connectivity index (χ1v) is 8.10. The van der Waals surface area contributed by atoms with Gasteiger partial charge < -0.3 is 5.43 Å². The van der Waals surface area contributed by atoms with Gasteiger partial charge >= 0.3 is 6.18 Å². The minimum absolute atomic E-state index is 0.00236. The van der Waals surface area contributed by atoms with Gasteiger partial charge in [0.2, 0.25) is 0 Å². The Kier molecular flexibility index (Phi) is 6.65. The summed E-state index contributed by atoms with van der Waals surface area (Å²) in [5, 5.41) is 0. The molecule has 1 heterocycles. The maximum atomic E-state index is 13.5. The molecule has 0 aliphatic carbocycles. The number of rotatable bonds is 7. The molecule has 4 nitrogen and oxygen atoms in total. The van der Waals surface area contributed by atoms with Crippen molar-refractivity contribution >= 4 is 0 Å². The SMILES string of the molecule is C=CNNCC(C)N1CCN(Cc2ccccc2)CC1C(F)(F)F. The fraction of sp³-hybridized carbons (Fsp3) is 0.529. The number of halogens is 3. The van der Waals surface area contributed by atoms with Crippen LogP contribution in [0.4, 0.5) is 13.2 Å². The molecule has 2 atom stereocenters. The second kappa shape index (κ2) is 8.50. The highest BCUT2D eigenvalue weighted by molar-refractivity contribution is 5.14. The third-order valence-electron chi connectivity index (χ3n) is 4.30. The van der Waals surface area contributed by atoms with Crippen molar-refractivity contribution in [1.29, 1.82) is 0 Å². The Morgan fingerprint density at radius 3 is 2.62 bits per heavy atom. The highest BCUT2D eigenvalue weighted by Crippen LogP contribution is 2.29. The summed E-state index contributed by atoms with van der Waals surface area (Å²) in [6.45, 7) is 7.29. The van der Waals surface area contributed by atoms with E-state index in [1.165, 1.54) is 6.20 Å². The second-order valence-electron chi connectivity index (χ2n) is 6.09. The lowest BCUT2D eigenvalue weighted by Gasteiger charge is -2.45. The standard InChI is InChI=1S/C17H25F3N4/c1-3-21-22-11-14(2)24-10-9-23(13-16(24)17(18,19)20)12-15-7-5-4-6-8-15/h3-8,14,16,21-22H,1,9-13H2,2H3. The van der Waals surface area contributed by atoms with Crippen LogP contribution in [-0.4, -0.2) is 54.2 Å². The number of benzene rings is 1. The monoisotopic (exact) mass is 342 g/mol. The molecule has 1 aliphatic heterocycles. The summed E-state index contributed by atoms with van der Waals surface area (Å²) in [5.41, 5.74) is 6.61. The first kappa shape index (κ1) is 18.8. The van der Waals surface area contributed by atoms with Crippen LogP contribution < -0.4 is 10.9 Å². The minimum atomic E-state index is -4.24. The van der Waals surface area contributed by atoms with E-state index in [1.807, 2.05) is 42.2 Å². The zero-order chi connectivity index (χ0) is 17.6. The molecule has 1 aromatic rings. The molecule has 7 heteroatoms. The summed E-state index contributed by atoms with van der Waals surface area (Å²) in [7, 11) is 0. The van der Waals surface area contributed by atoms with E-state index in [9.17, 15) is 13.2 Å². The minimum Gasteiger partial charge on any atom is -0.329 e. The molecule has 0 bridgehead atoms. The van der Waals surface area contributed by atoms with Crippen molar-refractivity contribution in [1.82, 2.24) is 20.7 Å². The lowest BCUT2D eigenvalue weighted by Crippen LogP contribution is -2.62. The average molecular weight is 342 g/mol. The summed E-state index contributed by atoms with van der Waals surface area (Å²) >= 11 is 0. The van der Waals surface area contributed by atoms with Crippen molar-refractivity contribution in [2.75, 3.05) is 26.2 Å². The van der Waals surface area contributed by atoms with Crippen molar-refractivity contribution in [2.45, 2.75) is 31.7 Å². The van der Waals surface area contributed by atoms with Gasteiger partial charge in [-0.05, 0) is 12.5 Å². The molecule has 134 valence electrons. The van der Waals surface area contributed by atoms with Crippen molar-refractivity contribution in [3.8, 4) is 0 Å². The molecule has 1 saturated heterocycles. The van der Waals surface area contributed by atoms with Crippen molar-refractivity contribution in [2.24, 2.45) is 0 Å². The second-order valence-corrected chi connectivity index (χ2v) is 6.09. The number of nitrogens with one attached hydrogen (secondary N) is 2. The Bertz CT molecular complexity index is 506. The quantitative estimate of drug-likeness (QED) is 0.588. The smallest absolute Gasteiger partial charge is 0.329 e. The molecule has 24 heavy (non-hydrogen) atoms. The summed E-state index contributed by atoms with van der Waals surface area (Å²) in [6, 6.07) is 7.94. The van der Waals surface area contributed by atoms with E-state index in [2.05, 4.69) is 17.4 Å². The summed E-state index contributed by atoms with van der Waals surface area (Å²) < 4.78 is 40.6. The maximum absolute atomic E-state index is 13.5. The molecule has 2 N–H and O–H groups in total. The van der Waals surface area contributed by atoms with Gasteiger partial charge in [0.05, 0.1) is 0 Å². The number of hydrazine groups is 1. The van der Waals surface area contributed by atoms with Crippen molar-refractivity contribution < 1.29 is 13.2 Å². The molecular formula is C17H25F3N4. The van der Waals surface area contributed by atoms with E-state index in [0.717, 1.165) is 5.56 Å².